The minimum absolute atomic E-state index is 0. The van der Waals surface area contributed by atoms with Crippen molar-refractivity contribution >= 4 is 112 Å². The Bertz CT molecular complexity index is 199. The van der Waals surface area contributed by atoms with Gasteiger partial charge in [0.2, 0.25) is 0 Å². The largest absolute Gasteiger partial charge is 1.00 e. The normalized spacial score (nSPS) is 3.96. The summed E-state index contributed by atoms with van der Waals surface area (Å²) in [4.78, 5) is 0. The molecule has 5 N–H and O–H groups in total. The van der Waals surface area contributed by atoms with E-state index in [4.69, 9.17) is 21.3 Å². The molecule has 0 aliphatic heterocycles. The van der Waals surface area contributed by atoms with Gasteiger partial charge in [-0.3, -0.25) is 9.86 Å². The van der Waals surface area contributed by atoms with Gasteiger partial charge in [0.05, 0.1) is 2.25 Å². The molecular formula is C4H45B3F4KN4P8SY3. The van der Waals surface area contributed by atoms with E-state index >= 15 is 0 Å². The molecule has 174 valence electrons. The van der Waals surface area contributed by atoms with Gasteiger partial charge < -0.3 is 7.58 Å². The predicted octanol–water partition coefficient (Wildman–Crippen LogP) is 1.58. The second kappa shape index (κ2) is 551. The smallest absolute Gasteiger partial charge is 1.00 e. The monoisotopic (exact) mass is 853 g/mol. The molecule has 10 radical (unpaired) electrons. The molecule has 0 saturated heterocycles. The molecule has 28 heavy (non-hydrogen) atoms. The van der Waals surface area contributed by atoms with Gasteiger partial charge in [-0.15, -0.1) is 12.8 Å². The van der Waals surface area contributed by atoms with Gasteiger partial charge in [-0.25, -0.2) is 0 Å². The number of hydrogen-bond donors (Lipinski definition) is 3. The Hall–Kier alpha value is 7.31. The van der Waals surface area contributed by atoms with Crippen LogP contribution in [-0.4, -0.2) is 26.1 Å². The molecule has 7 atom stereocenters. The Balaban J connectivity index is -0.00000000159. The van der Waals surface area contributed by atoms with Gasteiger partial charge in [0.15, 0.2) is 1.41 Å². The van der Waals surface area contributed by atoms with E-state index in [0.29, 0.717) is 0 Å². The molecule has 4 nitrogen and oxygen atoms in total. The van der Waals surface area contributed by atoms with E-state index < -0.39 is 11.6 Å². The molecule has 0 fully saturated rings. The average Bonchev–Trinajstić information content (AvgIpc) is 2.39. The van der Waals surface area contributed by atoms with E-state index in [9.17, 15) is 4.48 Å². The SMILES string of the molecule is C.C.C#C.F.FF.N.N=NF.P.P.P.P.P.P.[2HH].[2HH].[2H]S([3H])=P.[2H][2H].[3H]N=P.[B].[B][B].[H-].[K+].[Y].[Y].[Y]. The van der Waals surface area contributed by atoms with E-state index in [1.807, 2.05) is 0 Å². The Kier molecular flexibility index (Phi) is 2440. The fourth-order valence-corrected chi connectivity index (χ4v) is 0. The van der Waals surface area contributed by atoms with Crippen molar-refractivity contribution < 1.29 is 177 Å². The van der Waals surface area contributed by atoms with Crippen LogP contribution in [0.15, 0.2) is 5.34 Å². The summed E-state index contributed by atoms with van der Waals surface area (Å²) < 4.78 is 53.7. The van der Waals surface area contributed by atoms with Crippen LogP contribution < -0.4 is 57.5 Å². The molecule has 0 amide bonds. The van der Waals surface area contributed by atoms with Crippen molar-refractivity contribution in [3.63, 3.8) is 0 Å². The van der Waals surface area contributed by atoms with Crippen molar-refractivity contribution in [3.05, 3.63) is 0 Å². The second-order valence-electron chi connectivity index (χ2n) is 0.0845. The maximum absolute atomic E-state index is 9.58. The van der Waals surface area contributed by atoms with Crippen molar-refractivity contribution in [1.29, 1.82) is 12.9 Å². The Morgan fingerprint density at radius 1 is 1.14 bits per heavy atom. The van der Waals surface area contributed by atoms with Gasteiger partial charge >= 0.3 is 51.4 Å². The summed E-state index contributed by atoms with van der Waals surface area (Å²) in [7, 11) is 13.1. The van der Waals surface area contributed by atoms with Crippen LogP contribution in [0.1, 0.15) is 22.1 Å². The van der Waals surface area contributed by atoms with Crippen LogP contribution in [0.5, 0.6) is 0 Å². The zero-order valence-electron chi connectivity index (χ0n) is 20.9. The summed E-state index contributed by atoms with van der Waals surface area (Å²) in [5.41, 5.74) is 5.17. The zero-order valence-corrected chi connectivity index (χ0v) is 37.9. The number of nitrogens with one attached hydrogen (secondary N) is 2. The molecule has 0 aromatic heterocycles. The van der Waals surface area contributed by atoms with Crippen molar-refractivity contribution in [1.82, 2.24) is 6.15 Å². The molecule has 0 aliphatic rings. The van der Waals surface area contributed by atoms with E-state index in [1.165, 1.54) is 5.34 Å². The average molecular weight is 853 g/mol. The molecule has 0 saturated carbocycles. The Labute approximate surface area is 334 Å². The molecule has 24 heteroatoms. The van der Waals surface area contributed by atoms with Gasteiger partial charge in [-0.05, 0) is 9.03 Å². The van der Waals surface area contributed by atoms with Gasteiger partial charge in [-0.1, -0.05) is 27.3 Å². The Morgan fingerprint density at radius 3 is 1.14 bits per heavy atom. The van der Waals surface area contributed by atoms with Gasteiger partial charge in [0.1, 0.15) is 0 Å². The summed E-state index contributed by atoms with van der Waals surface area (Å²) >= 11 is -1.06. The predicted molar refractivity (Wildman–Crippen MR) is 160 cm³/mol. The van der Waals surface area contributed by atoms with Gasteiger partial charge in [-0.2, -0.15) is 76.5 Å². The van der Waals surface area contributed by atoms with Crippen LogP contribution in [0.2, 0.25) is 1.41 Å². The fourth-order valence-electron chi connectivity index (χ4n) is 0. The first-order valence-corrected chi connectivity index (χ1v) is 3.71. The molecule has 0 aromatic rings. The molecule has 7 unspecified atom stereocenters. The molecular weight excluding hydrogens is 798 g/mol. The maximum Gasteiger partial charge on any atom is 1.00 e. The summed E-state index contributed by atoms with van der Waals surface area (Å²) in [5, 5.41) is 3.81. The molecule has 0 heterocycles. The quantitative estimate of drug-likeness (QED) is 0.112. The standard InChI is InChI=1S/C2H2.2CH4.B2.B.F2.FHN2.FH.K.H2NP.H3N.H3PS.6H3P.3Y.3H2.H/c1-2;;;1-2;;1-2;1-3-2;;;1-2;;1-2;;;;;;;;;;;;;/h1-2H;2*1H4;;;;2H;1H;;1-2H;1H3;1H,2H2;6*1H3;;;;3*1H;/q;;;;;;;;+1;;;;;;;;;;;;;;;;-1/i;;;;;;;;;;;2TD;;;;;;;;;;1+1D;2*1+1;/hT. The van der Waals surface area contributed by atoms with Crippen molar-refractivity contribution in [2.24, 2.45) is 5.34 Å². The molecule has 0 bridgehead atoms. The molecule has 0 aromatic carbocycles. The second-order valence-corrected chi connectivity index (χ2v) is 0.0845. The molecule has 0 spiro atoms. The van der Waals surface area contributed by atoms with E-state index in [1.54, 1.807) is 0 Å². The zero-order chi connectivity index (χ0) is 17.0. The maximum atomic E-state index is 9.58. The molecule has 0 rings (SSSR count). The third-order valence-electron chi connectivity index (χ3n) is 0. The number of nitrogens with zero attached hydrogens (tertiary/aromatic N) is 1. The van der Waals surface area contributed by atoms with Gasteiger partial charge in [0.25, 0.3) is 0 Å². The van der Waals surface area contributed by atoms with Crippen LogP contribution in [-0.2, 0) is 110 Å². The third-order valence-corrected chi connectivity index (χ3v) is 0. The topological polar surface area (TPSA) is 95.1 Å². The van der Waals surface area contributed by atoms with Crippen LogP contribution in [0, 0.1) is 23.5 Å². The summed E-state index contributed by atoms with van der Waals surface area (Å²) in [6, 6.07) is 0. The summed E-state index contributed by atoms with van der Waals surface area (Å²) in [6.45, 7) is 0. The van der Waals surface area contributed by atoms with Crippen LogP contribution >= 0.6 is 76.4 Å². The van der Waals surface area contributed by atoms with Crippen LogP contribution in [0.25, 0.3) is 0 Å². The number of hydrogen-bond acceptors (Lipinski definition) is 4. The first-order valence-electron chi connectivity index (χ1n) is 3.89. The van der Waals surface area contributed by atoms with E-state index in [0.717, 1.165) is 0 Å². The van der Waals surface area contributed by atoms with Crippen LogP contribution in [0.3, 0.4) is 0 Å². The first kappa shape index (κ1) is 124. The van der Waals surface area contributed by atoms with Crippen molar-refractivity contribution in [3.8, 4) is 12.8 Å². The number of halogens is 4. The number of rotatable bonds is 0. The van der Waals surface area contributed by atoms with E-state index in [2.05, 4.69) is 50.5 Å². The number of terminal acetylenes is 1. The summed E-state index contributed by atoms with van der Waals surface area (Å²) in [5.74, 6) is 0. The first-order chi connectivity index (χ1) is 8.56. The fraction of sp³-hybridized carbons (Fsp3) is 0.500. The van der Waals surface area contributed by atoms with E-state index in [-0.39, 0.29) is 247 Å². The van der Waals surface area contributed by atoms with Crippen molar-refractivity contribution in [2.45, 2.75) is 14.9 Å². The van der Waals surface area contributed by atoms with Gasteiger partial charge in [0, 0.05) is 142 Å². The third kappa shape index (κ3) is 650. The molecule has 0 aliphatic carbocycles. The summed E-state index contributed by atoms with van der Waals surface area (Å²) in [6.07, 6.45) is 8.00. The minimum atomic E-state index is -1.06. The van der Waals surface area contributed by atoms with Crippen LogP contribution in [0.4, 0.5) is 18.3 Å². The van der Waals surface area contributed by atoms with Crippen molar-refractivity contribution in [2.75, 3.05) is 0 Å². The Morgan fingerprint density at radius 2 is 1.14 bits per heavy atom. The minimum Gasteiger partial charge on any atom is -1.00 e.